The molecule has 20 heavy (non-hydrogen) atoms. The third-order valence-corrected chi connectivity index (χ3v) is 3.14. The molecule has 0 saturated carbocycles. The molecule has 1 unspecified atom stereocenters. The zero-order valence-electron chi connectivity index (χ0n) is 12.4. The van der Waals surface area contributed by atoms with Crippen molar-refractivity contribution in [1.82, 2.24) is 5.32 Å². The Balaban J connectivity index is 2.14. The minimum Gasteiger partial charge on any atom is -0.493 e. The lowest BCUT2D eigenvalue weighted by molar-refractivity contribution is 0.165. The minimum atomic E-state index is 0.342. The number of hydrogen-bond donors (Lipinski definition) is 1. The first-order valence-electron chi connectivity index (χ1n) is 7.13. The van der Waals surface area contributed by atoms with Crippen molar-refractivity contribution in [2.45, 2.75) is 26.3 Å². The highest BCUT2D eigenvalue weighted by atomic mass is 16.6. The van der Waals surface area contributed by atoms with E-state index in [9.17, 15) is 0 Å². The fourth-order valence-electron chi connectivity index (χ4n) is 2.09. The number of rotatable bonds is 6. The summed E-state index contributed by atoms with van der Waals surface area (Å²) in [6, 6.07) is 4.30. The number of methoxy groups -OCH3 is 1. The van der Waals surface area contributed by atoms with Crippen LogP contribution in [-0.2, 0) is 0 Å². The van der Waals surface area contributed by atoms with Crippen LogP contribution in [0.25, 0.3) is 6.08 Å². The lowest BCUT2D eigenvalue weighted by Gasteiger charge is -2.21. The number of nitrogens with one attached hydrogen (secondary N) is 1. The van der Waals surface area contributed by atoms with Gasteiger partial charge in [0.15, 0.2) is 11.5 Å². The number of ether oxygens (including phenoxy) is 3. The Morgan fingerprint density at radius 1 is 1.35 bits per heavy atom. The molecule has 2 rings (SSSR count). The van der Waals surface area contributed by atoms with Crippen LogP contribution in [0.2, 0.25) is 0 Å². The van der Waals surface area contributed by atoms with Crippen LogP contribution < -0.4 is 19.5 Å². The van der Waals surface area contributed by atoms with Crippen LogP contribution in [0.1, 0.15) is 25.8 Å². The molecule has 0 aromatic heterocycles. The minimum absolute atomic E-state index is 0.342. The van der Waals surface area contributed by atoms with Crippen LogP contribution in [-0.4, -0.2) is 32.9 Å². The van der Waals surface area contributed by atoms with Gasteiger partial charge in [0.05, 0.1) is 7.11 Å². The molecule has 1 aromatic carbocycles. The Bertz CT molecular complexity index is 454. The standard InChI is InChI=1S/C16H23NO3/c1-4-7-17-12(2)5-6-13-10-14(18-3)16-15(11-13)19-8-9-20-16/h5-6,10-12,17H,4,7-9H2,1-3H3/b6-5+. The second-order valence-corrected chi connectivity index (χ2v) is 4.85. The van der Waals surface area contributed by atoms with Crippen molar-refractivity contribution >= 4 is 6.08 Å². The van der Waals surface area contributed by atoms with Crippen molar-refractivity contribution in [3.63, 3.8) is 0 Å². The second kappa shape index (κ2) is 7.20. The molecule has 110 valence electrons. The van der Waals surface area contributed by atoms with Crippen LogP contribution in [0.4, 0.5) is 0 Å². The van der Waals surface area contributed by atoms with Crippen LogP contribution in [0.15, 0.2) is 18.2 Å². The number of hydrogen-bond acceptors (Lipinski definition) is 4. The van der Waals surface area contributed by atoms with Gasteiger partial charge in [0.1, 0.15) is 13.2 Å². The molecule has 0 saturated heterocycles. The summed E-state index contributed by atoms with van der Waals surface area (Å²) < 4.78 is 16.6. The van der Waals surface area contributed by atoms with E-state index >= 15 is 0 Å². The van der Waals surface area contributed by atoms with Gasteiger partial charge in [0.2, 0.25) is 5.75 Å². The Kier molecular flexibility index (Phi) is 5.30. The zero-order chi connectivity index (χ0) is 14.4. The summed E-state index contributed by atoms with van der Waals surface area (Å²) in [6.45, 7) is 6.47. The first-order valence-corrected chi connectivity index (χ1v) is 7.13. The number of fused-ring (bicyclic) bond motifs is 1. The Labute approximate surface area is 120 Å². The van der Waals surface area contributed by atoms with Gasteiger partial charge in [-0.2, -0.15) is 0 Å². The summed E-state index contributed by atoms with van der Waals surface area (Å²) in [5.41, 5.74) is 1.05. The Morgan fingerprint density at radius 2 is 2.15 bits per heavy atom. The van der Waals surface area contributed by atoms with Crippen LogP contribution in [0.5, 0.6) is 17.2 Å². The van der Waals surface area contributed by atoms with Gasteiger partial charge in [0, 0.05) is 6.04 Å². The Hall–Kier alpha value is -1.68. The fraction of sp³-hybridized carbons (Fsp3) is 0.500. The molecule has 0 amide bonds. The summed E-state index contributed by atoms with van der Waals surface area (Å²) in [6.07, 6.45) is 5.35. The van der Waals surface area contributed by atoms with E-state index in [1.165, 1.54) is 0 Å². The summed E-state index contributed by atoms with van der Waals surface area (Å²) >= 11 is 0. The van der Waals surface area contributed by atoms with Crippen LogP contribution in [0, 0.1) is 0 Å². The molecule has 4 nitrogen and oxygen atoms in total. The molecule has 1 aliphatic rings. The predicted octanol–water partition coefficient (Wildman–Crippen LogP) is 2.87. The van der Waals surface area contributed by atoms with E-state index in [-0.39, 0.29) is 0 Å². The molecule has 4 heteroatoms. The van der Waals surface area contributed by atoms with Crippen molar-refractivity contribution in [3.05, 3.63) is 23.8 Å². The van der Waals surface area contributed by atoms with E-state index in [1.54, 1.807) is 7.11 Å². The van der Waals surface area contributed by atoms with E-state index in [0.717, 1.165) is 30.0 Å². The predicted molar refractivity (Wildman–Crippen MR) is 80.8 cm³/mol. The maximum absolute atomic E-state index is 5.62. The van der Waals surface area contributed by atoms with Gasteiger partial charge in [-0.15, -0.1) is 0 Å². The average Bonchev–Trinajstić information content (AvgIpc) is 2.49. The monoisotopic (exact) mass is 277 g/mol. The van der Waals surface area contributed by atoms with Gasteiger partial charge in [-0.1, -0.05) is 19.1 Å². The quantitative estimate of drug-likeness (QED) is 0.868. The van der Waals surface area contributed by atoms with E-state index in [4.69, 9.17) is 14.2 Å². The number of benzene rings is 1. The van der Waals surface area contributed by atoms with Crippen molar-refractivity contribution in [2.24, 2.45) is 0 Å². The highest BCUT2D eigenvalue weighted by Gasteiger charge is 2.17. The van der Waals surface area contributed by atoms with Gasteiger partial charge >= 0.3 is 0 Å². The molecule has 1 aliphatic heterocycles. The van der Waals surface area contributed by atoms with Crippen molar-refractivity contribution in [2.75, 3.05) is 26.9 Å². The third kappa shape index (κ3) is 3.67. The SMILES string of the molecule is CCCNC(C)/C=C/c1cc(OC)c2c(c1)OCCO2. The van der Waals surface area contributed by atoms with Gasteiger partial charge in [-0.3, -0.25) is 0 Å². The lowest BCUT2D eigenvalue weighted by atomic mass is 10.1. The van der Waals surface area contributed by atoms with E-state index in [2.05, 4.69) is 31.3 Å². The molecule has 1 heterocycles. The first-order chi connectivity index (χ1) is 9.74. The largest absolute Gasteiger partial charge is 0.493 e. The molecule has 0 bridgehead atoms. The maximum atomic E-state index is 5.62. The normalized spacial score (nSPS) is 15.3. The Morgan fingerprint density at radius 3 is 2.90 bits per heavy atom. The highest BCUT2D eigenvalue weighted by Crippen LogP contribution is 2.40. The first kappa shape index (κ1) is 14.7. The van der Waals surface area contributed by atoms with Gasteiger partial charge in [0.25, 0.3) is 0 Å². The van der Waals surface area contributed by atoms with E-state index in [1.807, 2.05) is 12.1 Å². The van der Waals surface area contributed by atoms with Crippen LogP contribution >= 0.6 is 0 Å². The lowest BCUT2D eigenvalue weighted by Crippen LogP contribution is -2.24. The van der Waals surface area contributed by atoms with E-state index < -0.39 is 0 Å². The average molecular weight is 277 g/mol. The summed E-state index contributed by atoms with van der Waals surface area (Å²) in [4.78, 5) is 0. The summed E-state index contributed by atoms with van der Waals surface area (Å²) in [5, 5.41) is 3.42. The molecule has 0 spiro atoms. The molecule has 0 aliphatic carbocycles. The fourth-order valence-corrected chi connectivity index (χ4v) is 2.09. The van der Waals surface area contributed by atoms with Gasteiger partial charge in [-0.05, 0) is 37.6 Å². The molecule has 0 fully saturated rings. The molecule has 1 atom stereocenters. The topological polar surface area (TPSA) is 39.7 Å². The smallest absolute Gasteiger partial charge is 0.203 e. The molecular formula is C16H23NO3. The molecule has 1 N–H and O–H groups in total. The third-order valence-electron chi connectivity index (χ3n) is 3.14. The van der Waals surface area contributed by atoms with E-state index in [0.29, 0.717) is 25.0 Å². The van der Waals surface area contributed by atoms with Crippen molar-refractivity contribution in [1.29, 1.82) is 0 Å². The maximum Gasteiger partial charge on any atom is 0.203 e. The van der Waals surface area contributed by atoms with Crippen LogP contribution in [0.3, 0.4) is 0 Å². The summed E-state index contributed by atoms with van der Waals surface area (Å²) in [5.74, 6) is 2.17. The molecule has 1 aromatic rings. The second-order valence-electron chi connectivity index (χ2n) is 4.85. The van der Waals surface area contributed by atoms with Crippen molar-refractivity contribution in [3.8, 4) is 17.2 Å². The van der Waals surface area contributed by atoms with Crippen molar-refractivity contribution < 1.29 is 14.2 Å². The molecular weight excluding hydrogens is 254 g/mol. The summed E-state index contributed by atoms with van der Waals surface area (Å²) in [7, 11) is 1.65. The zero-order valence-corrected chi connectivity index (χ0v) is 12.4. The van der Waals surface area contributed by atoms with Gasteiger partial charge < -0.3 is 19.5 Å². The highest BCUT2D eigenvalue weighted by molar-refractivity contribution is 5.62. The van der Waals surface area contributed by atoms with Gasteiger partial charge in [-0.25, -0.2) is 0 Å². The molecule has 0 radical (unpaired) electrons.